The van der Waals surface area contributed by atoms with Crippen LogP contribution in [-0.2, 0) is 12.8 Å². The molecule has 152 valence electrons. The van der Waals surface area contributed by atoms with E-state index in [9.17, 15) is 0 Å². The number of rotatable bonds is 19. The van der Waals surface area contributed by atoms with Gasteiger partial charge in [0.2, 0.25) is 0 Å². The predicted octanol–water partition coefficient (Wildman–Crippen LogP) is 8.09. The van der Waals surface area contributed by atoms with Crippen molar-refractivity contribution in [3.05, 3.63) is 21.9 Å². The van der Waals surface area contributed by atoms with Gasteiger partial charge in [-0.05, 0) is 36.3 Å². The molecule has 0 atom stereocenters. The number of hydrogen-bond donors (Lipinski definition) is 1. The van der Waals surface area contributed by atoms with Crippen molar-refractivity contribution >= 4 is 11.3 Å². The van der Waals surface area contributed by atoms with Gasteiger partial charge in [0.15, 0.2) is 0 Å². The second kappa shape index (κ2) is 18.0. The molecule has 26 heavy (non-hydrogen) atoms. The first-order valence-corrected chi connectivity index (χ1v) is 12.4. The van der Waals surface area contributed by atoms with E-state index in [2.05, 4.69) is 18.4 Å². The Morgan fingerprint density at radius 3 is 1.58 bits per heavy atom. The van der Waals surface area contributed by atoms with E-state index in [0.717, 1.165) is 6.42 Å². The highest BCUT2D eigenvalue weighted by molar-refractivity contribution is 7.10. The summed E-state index contributed by atoms with van der Waals surface area (Å²) >= 11 is 1.87. The molecular weight excluding hydrogens is 336 g/mol. The Balaban J connectivity index is 1.78. The number of aliphatic hydroxyl groups is 1. The summed E-state index contributed by atoms with van der Waals surface area (Å²) in [5, 5.41) is 11.3. The van der Waals surface area contributed by atoms with Gasteiger partial charge in [-0.1, -0.05) is 103 Å². The third kappa shape index (κ3) is 12.9. The molecule has 0 saturated carbocycles. The molecule has 1 aromatic heterocycles. The highest BCUT2D eigenvalue weighted by atomic mass is 32.1. The van der Waals surface area contributed by atoms with Gasteiger partial charge >= 0.3 is 0 Å². The minimum Gasteiger partial charge on any atom is -0.396 e. The van der Waals surface area contributed by atoms with Crippen molar-refractivity contribution in [1.29, 1.82) is 0 Å². The molecule has 1 nitrogen and oxygen atoms in total. The molecule has 1 rings (SSSR count). The standard InChI is InChI=1S/C24H44OS/c1-2-3-4-5-6-7-8-9-10-11-12-13-14-15-16-17-18-24-23(19-21-25)20-22-26-24/h20,22,25H,2-19,21H2,1H3. The molecule has 0 aliphatic heterocycles. The maximum Gasteiger partial charge on any atom is 0.0471 e. The predicted molar refractivity (Wildman–Crippen MR) is 118 cm³/mol. The molecule has 0 saturated heterocycles. The molecule has 1 aromatic rings. The van der Waals surface area contributed by atoms with Crippen LogP contribution in [0.1, 0.15) is 120 Å². The van der Waals surface area contributed by atoms with Crippen LogP contribution in [0.15, 0.2) is 11.4 Å². The van der Waals surface area contributed by atoms with Crippen LogP contribution < -0.4 is 0 Å². The van der Waals surface area contributed by atoms with Gasteiger partial charge in [-0.2, -0.15) is 0 Å². The van der Waals surface area contributed by atoms with Gasteiger partial charge in [0.1, 0.15) is 0 Å². The summed E-state index contributed by atoms with van der Waals surface area (Å²) in [7, 11) is 0. The lowest BCUT2D eigenvalue weighted by Gasteiger charge is -2.04. The topological polar surface area (TPSA) is 20.2 Å². The molecule has 1 N–H and O–H groups in total. The fraction of sp³-hybridized carbons (Fsp3) is 0.833. The Labute approximate surface area is 167 Å². The average molecular weight is 381 g/mol. The largest absolute Gasteiger partial charge is 0.396 e. The van der Waals surface area contributed by atoms with Crippen LogP contribution in [0.3, 0.4) is 0 Å². The number of aliphatic hydroxyl groups excluding tert-OH is 1. The zero-order valence-corrected chi connectivity index (χ0v) is 18.3. The number of aryl methyl sites for hydroxylation is 1. The van der Waals surface area contributed by atoms with Gasteiger partial charge in [0.05, 0.1) is 0 Å². The summed E-state index contributed by atoms with van der Waals surface area (Å²) in [4.78, 5) is 1.50. The second-order valence-corrected chi connectivity index (χ2v) is 8.90. The van der Waals surface area contributed by atoms with Gasteiger partial charge in [-0.3, -0.25) is 0 Å². The minimum atomic E-state index is 0.280. The minimum absolute atomic E-state index is 0.280. The van der Waals surface area contributed by atoms with Crippen molar-refractivity contribution in [2.24, 2.45) is 0 Å². The van der Waals surface area contributed by atoms with Crippen molar-refractivity contribution < 1.29 is 5.11 Å². The first-order chi connectivity index (χ1) is 12.9. The lowest BCUT2D eigenvalue weighted by Crippen LogP contribution is -1.93. The highest BCUT2D eigenvalue weighted by Gasteiger charge is 2.03. The molecular formula is C24H44OS. The van der Waals surface area contributed by atoms with Crippen molar-refractivity contribution in [2.45, 2.75) is 122 Å². The average Bonchev–Trinajstić information content (AvgIpc) is 3.09. The van der Waals surface area contributed by atoms with E-state index in [4.69, 9.17) is 5.11 Å². The molecule has 0 aliphatic carbocycles. The Kier molecular flexibility index (Phi) is 16.4. The Bertz CT molecular complexity index is 399. The molecule has 0 spiro atoms. The molecule has 0 aromatic carbocycles. The first-order valence-electron chi connectivity index (χ1n) is 11.5. The van der Waals surface area contributed by atoms with Gasteiger partial charge in [-0.25, -0.2) is 0 Å². The van der Waals surface area contributed by atoms with Crippen LogP contribution in [0, 0.1) is 0 Å². The Morgan fingerprint density at radius 1 is 0.654 bits per heavy atom. The smallest absolute Gasteiger partial charge is 0.0471 e. The van der Waals surface area contributed by atoms with Gasteiger partial charge < -0.3 is 5.11 Å². The van der Waals surface area contributed by atoms with Crippen LogP contribution in [0.2, 0.25) is 0 Å². The second-order valence-electron chi connectivity index (χ2n) is 7.90. The fourth-order valence-corrected chi connectivity index (χ4v) is 4.74. The maximum absolute atomic E-state index is 9.08. The zero-order valence-electron chi connectivity index (χ0n) is 17.4. The van der Waals surface area contributed by atoms with Gasteiger partial charge in [0, 0.05) is 11.5 Å². The summed E-state index contributed by atoms with van der Waals surface area (Å²) in [5.74, 6) is 0. The van der Waals surface area contributed by atoms with E-state index in [1.54, 1.807) is 0 Å². The van der Waals surface area contributed by atoms with Crippen LogP contribution >= 0.6 is 11.3 Å². The van der Waals surface area contributed by atoms with Crippen LogP contribution in [-0.4, -0.2) is 11.7 Å². The summed E-state index contributed by atoms with van der Waals surface area (Å²) in [5.41, 5.74) is 1.37. The Hall–Kier alpha value is -0.340. The Morgan fingerprint density at radius 2 is 1.12 bits per heavy atom. The normalized spacial score (nSPS) is 11.3. The lowest BCUT2D eigenvalue weighted by molar-refractivity contribution is 0.299. The number of unbranched alkanes of at least 4 members (excludes halogenated alkanes) is 15. The van der Waals surface area contributed by atoms with Crippen molar-refractivity contribution in [3.8, 4) is 0 Å². The molecule has 2 heteroatoms. The molecule has 0 amide bonds. The third-order valence-electron chi connectivity index (χ3n) is 5.48. The van der Waals surface area contributed by atoms with E-state index in [-0.39, 0.29) is 6.61 Å². The van der Waals surface area contributed by atoms with Crippen molar-refractivity contribution in [3.63, 3.8) is 0 Å². The van der Waals surface area contributed by atoms with E-state index in [0.29, 0.717) is 0 Å². The summed E-state index contributed by atoms with van der Waals surface area (Å²) in [6.45, 7) is 2.57. The van der Waals surface area contributed by atoms with E-state index in [1.807, 2.05) is 11.3 Å². The first kappa shape index (κ1) is 23.7. The molecule has 0 aliphatic rings. The van der Waals surface area contributed by atoms with E-state index in [1.165, 1.54) is 120 Å². The molecule has 0 unspecified atom stereocenters. The van der Waals surface area contributed by atoms with Crippen molar-refractivity contribution in [2.75, 3.05) is 6.61 Å². The molecule has 1 heterocycles. The van der Waals surface area contributed by atoms with Crippen LogP contribution in [0.4, 0.5) is 0 Å². The lowest BCUT2D eigenvalue weighted by atomic mass is 10.0. The van der Waals surface area contributed by atoms with E-state index >= 15 is 0 Å². The van der Waals surface area contributed by atoms with Crippen molar-refractivity contribution in [1.82, 2.24) is 0 Å². The molecule has 0 fully saturated rings. The summed E-state index contributed by atoms with van der Waals surface area (Å²) in [6, 6.07) is 2.18. The summed E-state index contributed by atoms with van der Waals surface area (Å²) < 4.78 is 0. The number of hydrogen-bond acceptors (Lipinski definition) is 2. The SMILES string of the molecule is CCCCCCCCCCCCCCCCCCc1sccc1CCO. The third-order valence-corrected chi connectivity index (χ3v) is 6.50. The quantitative estimate of drug-likeness (QED) is 0.240. The zero-order chi connectivity index (χ0) is 18.7. The van der Waals surface area contributed by atoms with Crippen LogP contribution in [0.5, 0.6) is 0 Å². The number of thiophene rings is 1. The monoisotopic (exact) mass is 380 g/mol. The maximum atomic E-state index is 9.08. The summed E-state index contributed by atoms with van der Waals surface area (Å²) in [6.07, 6.45) is 24.9. The van der Waals surface area contributed by atoms with Gasteiger partial charge in [0.25, 0.3) is 0 Å². The molecule has 0 radical (unpaired) electrons. The highest BCUT2D eigenvalue weighted by Crippen LogP contribution is 2.20. The van der Waals surface area contributed by atoms with E-state index < -0.39 is 0 Å². The van der Waals surface area contributed by atoms with Gasteiger partial charge in [-0.15, -0.1) is 11.3 Å². The van der Waals surface area contributed by atoms with Crippen LogP contribution in [0.25, 0.3) is 0 Å². The molecule has 0 bridgehead atoms. The fourth-order valence-electron chi connectivity index (χ4n) is 3.76.